The van der Waals surface area contributed by atoms with E-state index in [0.717, 1.165) is 21.8 Å². The Hall–Kier alpha value is -0.880. The maximum atomic E-state index is 12.1. The number of alkyl halides is 3. The Kier molecular flexibility index (Phi) is 3.03. The van der Waals surface area contributed by atoms with Gasteiger partial charge in [0.25, 0.3) is 0 Å². The number of hydrogen-bond acceptors (Lipinski definition) is 3. The minimum Gasteiger partial charge on any atom is -0.240 e. The van der Waals surface area contributed by atoms with Gasteiger partial charge in [-0.1, -0.05) is 0 Å². The molecule has 0 fully saturated rings. The molecule has 0 unspecified atom stereocenters. The zero-order valence-corrected chi connectivity index (χ0v) is 9.97. The highest BCUT2D eigenvalue weighted by atomic mass is 32.1. The van der Waals surface area contributed by atoms with Crippen LogP contribution in [0.2, 0.25) is 0 Å². The Morgan fingerprint density at radius 1 is 1.31 bits per heavy atom. The van der Waals surface area contributed by atoms with Crippen molar-refractivity contribution in [3.63, 3.8) is 0 Å². The number of hydrogen-bond donors (Lipinski definition) is 0. The van der Waals surface area contributed by atoms with Crippen LogP contribution >= 0.6 is 22.7 Å². The second-order valence-corrected chi connectivity index (χ2v) is 5.21. The van der Waals surface area contributed by atoms with Crippen LogP contribution < -0.4 is 0 Å². The fourth-order valence-electron chi connectivity index (χ4n) is 1.30. The standard InChI is InChI=1S/C10H8F3NS2/c1-6-2-3-15-9(6)7-5-16-8(14-7)4-10(11,12)13/h2-3,5H,4H2,1H3. The van der Waals surface area contributed by atoms with Crippen molar-refractivity contribution >= 4 is 22.7 Å². The van der Waals surface area contributed by atoms with Gasteiger partial charge >= 0.3 is 6.18 Å². The van der Waals surface area contributed by atoms with Gasteiger partial charge in [0, 0.05) is 5.38 Å². The lowest BCUT2D eigenvalue weighted by molar-refractivity contribution is -0.127. The first-order chi connectivity index (χ1) is 7.46. The number of thiophene rings is 1. The molecule has 2 aromatic heterocycles. The number of aromatic nitrogens is 1. The van der Waals surface area contributed by atoms with Crippen LogP contribution in [0.5, 0.6) is 0 Å². The molecular formula is C10H8F3NS2. The molecule has 0 saturated heterocycles. The summed E-state index contributed by atoms with van der Waals surface area (Å²) in [4.78, 5) is 4.96. The quantitative estimate of drug-likeness (QED) is 0.787. The van der Waals surface area contributed by atoms with Crippen LogP contribution in [0.3, 0.4) is 0 Å². The van der Waals surface area contributed by atoms with E-state index in [2.05, 4.69) is 4.98 Å². The van der Waals surface area contributed by atoms with Crippen LogP contribution in [0.25, 0.3) is 10.6 Å². The minimum absolute atomic E-state index is 0.121. The second-order valence-electron chi connectivity index (χ2n) is 3.35. The topological polar surface area (TPSA) is 12.9 Å². The summed E-state index contributed by atoms with van der Waals surface area (Å²) in [5.74, 6) is 0. The predicted octanol–water partition coefficient (Wildman–Crippen LogP) is 4.28. The summed E-state index contributed by atoms with van der Waals surface area (Å²) in [6, 6.07) is 1.93. The van der Waals surface area contributed by atoms with Gasteiger partial charge < -0.3 is 0 Å². The van der Waals surface area contributed by atoms with E-state index in [1.807, 2.05) is 18.4 Å². The van der Waals surface area contributed by atoms with Crippen LogP contribution in [0, 0.1) is 6.92 Å². The van der Waals surface area contributed by atoms with Gasteiger partial charge in [0.05, 0.1) is 17.0 Å². The maximum absolute atomic E-state index is 12.1. The van der Waals surface area contributed by atoms with Gasteiger partial charge in [0.2, 0.25) is 0 Å². The van der Waals surface area contributed by atoms with Crippen molar-refractivity contribution in [2.75, 3.05) is 0 Å². The number of halogens is 3. The summed E-state index contributed by atoms with van der Waals surface area (Å²) in [6.45, 7) is 1.93. The SMILES string of the molecule is Cc1ccsc1-c1csc(CC(F)(F)F)n1. The lowest BCUT2D eigenvalue weighted by Gasteiger charge is -2.01. The summed E-state index contributed by atoms with van der Waals surface area (Å²) < 4.78 is 36.4. The third-order valence-electron chi connectivity index (χ3n) is 2.00. The van der Waals surface area contributed by atoms with Gasteiger partial charge in [-0.25, -0.2) is 4.98 Å². The zero-order chi connectivity index (χ0) is 11.8. The fraction of sp³-hybridized carbons (Fsp3) is 0.300. The molecule has 0 aliphatic heterocycles. The van der Waals surface area contributed by atoms with E-state index >= 15 is 0 Å². The Morgan fingerprint density at radius 3 is 2.62 bits per heavy atom. The van der Waals surface area contributed by atoms with Gasteiger partial charge in [0.15, 0.2) is 0 Å². The van der Waals surface area contributed by atoms with Gasteiger partial charge in [-0.3, -0.25) is 0 Å². The molecule has 0 saturated carbocycles. The number of aryl methyl sites for hydroxylation is 1. The van der Waals surface area contributed by atoms with Crippen molar-refractivity contribution in [1.82, 2.24) is 4.98 Å². The van der Waals surface area contributed by atoms with E-state index in [4.69, 9.17) is 0 Å². The number of nitrogens with zero attached hydrogens (tertiary/aromatic N) is 1. The molecule has 0 amide bonds. The lowest BCUT2D eigenvalue weighted by atomic mass is 10.2. The Bertz CT molecular complexity index is 484. The van der Waals surface area contributed by atoms with Gasteiger partial charge in [-0.2, -0.15) is 13.2 Å². The first-order valence-electron chi connectivity index (χ1n) is 4.51. The molecule has 16 heavy (non-hydrogen) atoms. The third-order valence-corrected chi connectivity index (χ3v) is 3.89. The molecule has 0 radical (unpaired) electrons. The Morgan fingerprint density at radius 2 is 2.06 bits per heavy atom. The largest absolute Gasteiger partial charge is 0.395 e. The maximum Gasteiger partial charge on any atom is 0.395 e. The minimum atomic E-state index is -4.18. The fourth-order valence-corrected chi connectivity index (χ4v) is 3.08. The van der Waals surface area contributed by atoms with Crippen LogP contribution in [-0.4, -0.2) is 11.2 Å². The lowest BCUT2D eigenvalue weighted by Crippen LogP contribution is -2.11. The van der Waals surface area contributed by atoms with Crippen molar-refractivity contribution in [2.24, 2.45) is 0 Å². The molecule has 1 nitrogen and oxygen atoms in total. The highest BCUT2D eigenvalue weighted by Gasteiger charge is 2.29. The van der Waals surface area contributed by atoms with Gasteiger partial charge in [-0.15, -0.1) is 22.7 Å². The smallest absolute Gasteiger partial charge is 0.240 e. The average molecular weight is 263 g/mol. The summed E-state index contributed by atoms with van der Waals surface area (Å²) in [5.41, 5.74) is 1.70. The van der Waals surface area contributed by atoms with E-state index in [0.29, 0.717) is 5.69 Å². The summed E-state index contributed by atoms with van der Waals surface area (Å²) >= 11 is 2.56. The van der Waals surface area contributed by atoms with Crippen molar-refractivity contribution < 1.29 is 13.2 Å². The molecule has 0 atom stereocenters. The Labute approximate surface area is 98.6 Å². The van der Waals surface area contributed by atoms with Crippen LogP contribution in [0.15, 0.2) is 16.8 Å². The molecule has 2 rings (SSSR count). The predicted molar refractivity (Wildman–Crippen MR) is 59.9 cm³/mol. The molecule has 0 N–H and O–H groups in total. The van der Waals surface area contributed by atoms with Gasteiger partial charge in [-0.05, 0) is 23.9 Å². The van der Waals surface area contributed by atoms with Crippen molar-refractivity contribution in [3.8, 4) is 10.6 Å². The first-order valence-corrected chi connectivity index (χ1v) is 6.27. The molecule has 0 aliphatic carbocycles. The highest BCUT2D eigenvalue weighted by Crippen LogP contribution is 2.31. The Balaban J connectivity index is 2.24. The molecular weight excluding hydrogens is 255 g/mol. The average Bonchev–Trinajstić information content (AvgIpc) is 2.71. The van der Waals surface area contributed by atoms with E-state index in [1.165, 1.54) is 11.3 Å². The highest BCUT2D eigenvalue weighted by molar-refractivity contribution is 7.14. The molecule has 0 bridgehead atoms. The van der Waals surface area contributed by atoms with Crippen molar-refractivity contribution in [3.05, 3.63) is 27.4 Å². The number of rotatable bonds is 2. The summed E-state index contributed by atoms with van der Waals surface area (Å²) in [5, 5.41) is 3.71. The van der Waals surface area contributed by atoms with Gasteiger partial charge in [0.1, 0.15) is 5.01 Å². The monoisotopic (exact) mass is 263 g/mol. The molecule has 0 aromatic carbocycles. The molecule has 0 aliphatic rings. The van der Waals surface area contributed by atoms with E-state index < -0.39 is 12.6 Å². The zero-order valence-electron chi connectivity index (χ0n) is 8.34. The normalized spacial score (nSPS) is 12.0. The number of thiazole rings is 1. The van der Waals surface area contributed by atoms with E-state index in [1.54, 1.807) is 5.38 Å². The summed E-state index contributed by atoms with van der Waals surface area (Å²) in [6.07, 6.45) is -5.12. The van der Waals surface area contributed by atoms with Crippen molar-refractivity contribution in [2.45, 2.75) is 19.5 Å². The van der Waals surface area contributed by atoms with Crippen LogP contribution in [0.1, 0.15) is 10.6 Å². The van der Waals surface area contributed by atoms with E-state index in [-0.39, 0.29) is 5.01 Å². The second kappa shape index (κ2) is 4.18. The molecule has 2 aromatic rings. The molecule has 2 heterocycles. The first kappa shape index (κ1) is 11.6. The van der Waals surface area contributed by atoms with Crippen LogP contribution in [-0.2, 0) is 6.42 Å². The molecule has 86 valence electrons. The molecule has 6 heteroatoms. The van der Waals surface area contributed by atoms with E-state index in [9.17, 15) is 13.2 Å². The third kappa shape index (κ3) is 2.62. The van der Waals surface area contributed by atoms with Crippen LogP contribution in [0.4, 0.5) is 13.2 Å². The molecule has 0 spiro atoms. The van der Waals surface area contributed by atoms with Crippen molar-refractivity contribution in [1.29, 1.82) is 0 Å². The summed E-state index contributed by atoms with van der Waals surface area (Å²) in [7, 11) is 0.